The molecule has 3 aromatic heterocycles. The molecule has 5 heterocycles. The molecule has 1 saturated carbocycles. The lowest BCUT2D eigenvalue weighted by Crippen LogP contribution is -2.44. The molecule has 0 spiro atoms. The maximum absolute atomic E-state index is 5.13. The summed E-state index contributed by atoms with van der Waals surface area (Å²) in [5.74, 6) is 1.92. The molecule has 2 aliphatic heterocycles. The second-order valence-electron chi connectivity index (χ2n) is 8.76. The Balaban J connectivity index is 1.28. The number of rotatable bonds is 2. The van der Waals surface area contributed by atoms with Crippen LogP contribution in [0.2, 0.25) is 0 Å². The Morgan fingerprint density at radius 3 is 2.79 bits per heavy atom. The number of benzene rings is 1. The first kappa shape index (κ1) is 15.3. The smallest absolute Gasteiger partial charge is 0.136 e. The molecule has 0 radical (unpaired) electrons. The van der Waals surface area contributed by atoms with Gasteiger partial charge in [-0.25, -0.2) is 9.97 Å². The molecule has 4 aromatic rings. The Hall–Kier alpha value is -2.66. The highest BCUT2D eigenvalue weighted by atomic mass is 15.3. The van der Waals surface area contributed by atoms with Crippen molar-refractivity contribution >= 4 is 16.7 Å². The van der Waals surface area contributed by atoms with Gasteiger partial charge in [0, 0.05) is 49.7 Å². The van der Waals surface area contributed by atoms with Crippen molar-refractivity contribution in [2.45, 2.75) is 50.2 Å². The van der Waals surface area contributed by atoms with Gasteiger partial charge >= 0.3 is 0 Å². The number of hydrogen-bond donors (Lipinski definition) is 0. The Morgan fingerprint density at radius 2 is 1.89 bits per heavy atom. The summed E-state index contributed by atoms with van der Waals surface area (Å²) >= 11 is 0. The molecule has 0 N–H and O–H groups in total. The van der Waals surface area contributed by atoms with E-state index in [1.807, 2.05) is 12.4 Å². The highest BCUT2D eigenvalue weighted by Gasteiger charge is 2.44. The van der Waals surface area contributed by atoms with Crippen LogP contribution >= 0.6 is 0 Å². The van der Waals surface area contributed by atoms with E-state index in [1.165, 1.54) is 54.7 Å². The van der Waals surface area contributed by atoms with Gasteiger partial charge in [0.1, 0.15) is 11.5 Å². The molecule has 0 amide bonds. The average Bonchev–Trinajstić information content (AvgIpc) is 3.37. The standard InChI is InChI=1S/C23H23N5/c1-2-18(3-1)27-13-17-10-19(27)14-28-21-6-4-15(11-20(21)25-23(17)28)16-5-7-22-24-8-9-26(22)12-16/h4-9,11-12,17-19H,1-3,10,13-14H2. The first-order valence-corrected chi connectivity index (χ1v) is 10.5. The number of fused-ring (bicyclic) bond motifs is 7. The summed E-state index contributed by atoms with van der Waals surface area (Å²) in [4.78, 5) is 12.3. The average molecular weight is 369 g/mol. The fourth-order valence-electron chi connectivity index (χ4n) is 5.61. The lowest BCUT2D eigenvalue weighted by atomic mass is 9.91. The second kappa shape index (κ2) is 5.45. The Morgan fingerprint density at radius 1 is 0.964 bits per heavy atom. The first-order valence-electron chi connectivity index (χ1n) is 10.5. The largest absolute Gasteiger partial charge is 0.326 e. The number of hydrogen-bond acceptors (Lipinski definition) is 3. The van der Waals surface area contributed by atoms with Crippen LogP contribution in [0.15, 0.2) is 48.9 Å². The van der Waals surface area contributed by atoms with Gasteiger partial charge in [0.25, 0.3) is 0 Å². The molecular formula is C23H23N5. The van der Waals surface area contributed by atoms with Crippen molar-refractivity contribution in [2.24, 2.45) is 0 Å². The van der Waals surface area contributed by atoms with Gasteiger partial charge in [0.2, 0.25) is 0 Å². The van der Waals surface area contributed by atoms with Crippen molar-refractivity contribution in [3.05, 3.63) is 54.7 Å². The van der Waals surface area contributed by atoms with Gasteiger partial charge in [-0.3, -0.25) is 4.90 Å². The Bertz CT molecular complexity index is 1210. The molecule has 2 unspecified atom stereocenters. The summed E-state index contributed by atoms with van der Waals surface area (Å²) in [6.45, 7) is 2.32. The SMILES string of the molecule is c1cn2cc(-c3ccc4c(c3)nc3n4CC4CC3CN4C3CCC3)ccc2n1. The number of imidazole rings is 2. The van der Waals surface area contributed by atoms with E-state index in [4.69, 9.17) is 4.98 Å². The third-order valence-corrected chi connectivity index (χ3v) is 7.26. The van der Waals surface area contributed by atoms with Crippen molar-refractivity contribution in [2.75, 3.05) is 6.54 Å². The molecule has 3 aliphatic rings. The molecule has 5 nitrogen and oxygen atoms in total. The fourth-order valence-corrected chi connectivity index (χ4v) is 5.61. The van der Waals surface area contributed by atoms with E-state index >= 15 is 0 Å². The maximum Gasteiger partial charge on any atom is 0.136 e. The lowest BCUT2D eigenvalue weighted by Gasteiger charge is -2.38. The normalized spacial score (nSPS) is 24.7. The van der Waals surface area contributed by atoms with E-state index in [0.29, 0.717) is 12.0 Å². The molecule has 1 saturated heterocycles. The van der Waals surface area contributed by atoms with Crippen LogP contribution in [-0.4, -0.2) is 42.5 Å². The summed E-state index contributed by atoms with van der Waals surface area (Å²) in [6.07, 6.45) is 11.5. The van der Waals surface area contributed by atoms with Gasteiger partial charge in [-0.05, 0) is 54.7 Å². The van der Waals surface area contributed by atoms with Crippen molar-refractivity contribution in [1.29, 1.82) is 0 Å². The van der Waals surface area contributed by atoms with Gasteiger partial charge in [-0.1, -0.05) is 12.5 Å². The monoisotopic (exact) mass is 369 g/mol. The topological polar surface area (TPSA) is 38.4 Å². The van der Waals surface area contributed by atoms with Crippen molar-refractivity contribution < 1.29 is 0 Å². The third kappa shape index (κ3) is 2.05. The summed E-state index contributed by atoms with van der Waals surface area (Å²) in [5.41, 5.74) is 5.85. The summed E-state index contributed by atoms with van der Waals surface area (Å²) < 4.78 is 4.58. The molecule has 1 aliphatic carbocycles. The van der Waals surface area contributed by atoms with E-state index in [1.54, 1.807) is 0 Å². The fraction of sp³-hybridized carbons (Fsp3) is 0.391. The first-order chi connectivity index (χ1) is 13.8. The van der Waals surface area contributed by atoms with E-state index in [0.717, 1.165) is 23.8 Å². The molecular weight excluding hydrogens is 346 g/mol. The van der Waals surface area contributed by atoms with Crippen LogP contribution < -0.4 is 0 Å². The molecule has 5 heteroatoms. The van der Waals surface area contributed by atoms with Crippen molar-refractivity contribution in [1.82, 2.24) is 23.8 Å². The van der Waals surface area contributed by atoms with Crippen LogP contribution in [0.25, 0.3) is 27.8 Å². The van der Waals surface area contributed by atoms with Crippen LogP contribution in [0.1, 0.15) is 37.4 Å². The van der Waals surface area contributed by atoms with Crippen LogP contribution in [0.5, 0.6) is 0 Å². The van der Waals surface area contributed by atoms with Crippen molar-refractivity contribution in [3.63, 3.8) is 0 Å². The highest BCUT2D eigenvalue weighted by Crippen LogP contribution is 2.43. The molecule has 140 valence electrons. The van der Waals surface area contributed by atoms with Crippen LogP contribution in [0.4, 0.5) is 0 Å². The highest BCUT2D eigenvalue weighted by molar-refractivity contribution is 5.83. The zero-order valence-corrected chi connectivity index (χ0v) is 15.8. The zero-order valence-electron chi connectivity index (χ0n) is 15.8. The van der Waals surface area contributed by atoms with E-state index in [9.17, 15) is 0 Å². The minimum Gasteiger partial charge on any atom is -0.326 e. The quantitative estimate of drug-likeness (QED) is 0.534. The molecule has 7 rings (SSSR count). The maximum atomic E-state index is 5.13. The van der Waals surface area contributed by atoms with Crippen LogP contribution in [0, 0.1) is 0 Å². The molecule has 2 atom stereocenters. The predicted octanol–water partition coefficient (Wildman–Crippen LogP) is 4.08. The van der Waals surface area contributed by atoms with Crippen LogP contribution in [-0.2, 0) is 6.54 Å². The van der Waals surface area contributed by atoms with E-state index < -0.39 is 0 Å². The summed E-state index contributed by atoms with van der Waals surface area (Å²) in [6, 6.07) is 12.6. The van der Waals surface area contributed by atoms with E-state index in [2.05, 4.69) is 55.4 Å². The van der Waals surface area contributed by atoms with Crippen molar-refractivity contribution in [3.8, 4) is 11.1 Å². The third-order valence-electron chi connectivity index (χ3n) is 7.26. The van der Waals surface area contributed by atoms with Gasteiger partial charge in [0.15, 0.2) is 0 Å². The number of pyridine rings is 1. The zero-order chi connectivity index (χ0) is 18.2. The molecule has 2 fully saturated rings. The Labute approximate surface area is 163 Å². The van der Waals surface area contributed by atoms with E-state index in [-0.39, 0.29) is 0 Å². The molecule has 1 aromatic carbocycles. The predicted molar refractivity (Wildman–Crippen MR) is 109 cm³/mol. The second-order valence-corrected chi connectivity index (χ2v) is 8.76. The minimum atomic E-state index is 0.609. The van der Waals surface area contributed by atoms with Gasteiger partial charge in [0.05, 0.1) is 11.0 Å². The number of aromatic nitrogens is 4. The lowest BCUT2D eigenvalue weighted by molar-refractivity contribution is 0.108. The Kier molecular flexibility index (Phi) is 2.97. The van der Waals surface area contributed by atoms with Gasteiger partial charge < -0.3 is 8.97 Å². The van der Waals surface area contributed by atoms with Gasteiger partial charge in [-0.15, -0.1) is 0 Å². The minimum absolute atomic E-state index is 0.609. The summed E-state index contributed by atoms with van der Waals surface area (Å²) in [7, 11) is 0. The molecule has 2 bridgehead atoms. The molecule has 28 heavy (non-hydrogen) atoms. The number of likely N-dealkylation sites (tertiary alicyclic amines) is 1. The summed E-state index contributed by atoms with van der Waals surface area (Å²) in [5, 5.41) is 0. The number of nitrogens with zero attached hydrogens (tertiary/aromatic N) is 5. The van der Waals surface area contributed by atoms with Gasteiger partial charge in [-0.2, -0.15) is 0 Å². The van der Waals surface area contributed by atoms with Crippen LogP contribution in [0.3, 0.4) is 0 Å².